The van der Waals surface area contributed by atoms with Gasteiger partial charge >= 0.3 is 0 Å². The molecule has 2 fully saturated rings. The highest BCUT2D eigenvalue weighted by molar-refractivity contribution is 4.98. The van der Waals surface area contributed by atoms with Crippen LogP contribution in [0.3, 0.4) is 0 Å². The van der Waals surface area contributed by atoms with Crippen LogP contribution in [0.2, 0.25) is 0 Å². The first-order chi connectivity index (χ1) is 6.35. The maximum Gasteiger partial charge on any atom is 0.0471 e. The van der Waals surface area contributed by atoms with Crippen LogP contribution in [-0.2, 0) is 4.74 Å². The smallest absolute Gasteiger partial charge is 0.0471 e. The maximum atomic E-state index is 5.45. The molecule has 2 rings (SSSR count). The lowest BCUT2D eigenvalue weighted by atomic mass is 9.66. The van der Waals surface area contributed by atoms with Crippen molar-refractivity contribution in [3.8, 4) is 12.3 Å². The van der Waals surface area contributed by atoms with Gasteiger partial charge in [0.25, 0.3) is 0 Å². The van der Waals surface area contributed by atoms with Crippen molar-refractivity contribution in [3.05, 3.63) is 0 Å². The van der Waals surface area contributed by atoms with Gasteiger partial charge in [0.15, 0.2) is 0 Å². The van der Waals surface area contributed by atoms with Crippen molar-refractivity contribution in [1.29, 1.82) is 0 Å². The zero-order valence-electron chi connectivity index (χ0n) is 8.22. The fourth-order valence-electron chi connectivity index (χ4n) is 2.70. The molecule has 0 atom stereocenters. The van der Waals surface area contributed by atoms with Gasteiger partial charge in [-0.15, -0.1) is 12.3 Å². The topological polar surface area (TPSA) is 9.23 Å². The third kappa shape index (κ3) is 1.89. The van der Waals surface area contributed by atoms with Crippen LogP contribution in [-0.4, -0.2) is 13.2 Å². The third-order valence-electron chi connectivity index (χ3n) is 3.84. The zero-order chi connectivity index (χ0) is 9.15. The molecule has 1 saturated heterocycles. The largest absolute Gasteiger partial charge is 0.381 e. The summed E-state index contributed by atoms with van der Waals surface area (Å²) in [7, 11) is 0. The van der Waals surface area contributed by atoms with Crippen molar-refractivity contribution in [3.63, 3.8) is 0 Å². The predicted molar refractivity (Wildman–Crippen MR) is 53.3 cm³/mol. The maximum absolute atomic E-state index is 5.45. The summed E-state index contributed by atoms with van der Waals surface area (Å²) in [5, 5.41) is 0. The quantitative estimate of drug-likeness (QED) is 0.518. The first kappa shape index (κ1) is 9.09. The van der Waals surface area contributed by atoms with E-state index in [1.165, 1.54) is 38.5 Å². The number of hydrogen-bond acceptors (Lipinski definition) is 1. The molecule has 0 N–H and O–H groups in total. The van der Waals surface area contributed by atoms with Gasteiger partial charge in [-0.3, -0.25) is 0 Å². The monoisotopic (exact) mass is 178 g/mol. The number of ether oxygens (including phenoxy) is 1. The van der Waals surface area contributed by atoms with E-state index in [1.54, 1.807) is 0 Å². The summed E-state index contributed by atoms with van der Waals surface area (Å²) in [5.41, 5.74) is 0.617. The molecule has 0 bridgehead atoms. The Morgan fingerprint density at radius 3 is 2.23 bits per heavy atom. The molecular formula is C12H18O. The van der Waals surface area contributed by atoms with E-state index >= 15 is 0 Å². The van der Waals surface area contributed by atoms with E-state index in [4.69, 9.17) is 11.2 Å². The molecular weight excluding hydrogens is 160 g/mol. The van der Waals surface area contributed by atoms with Crippen LogP contribution >= 0.6 is 0 Å². The van der Waals surface area contributed by atoms with Crippen LogP contribution in [0.15, 0.2) is 0 Å². The minimum Gasteiger partial charge on any atom is -0.381 e. The van der Waals surface area contributed by atoms with Gasteiger partial charge in [-0.25, -0.2) is 0 Å². The van der Waals surface area contributed by atoms with Gasteiger partial charge in [-0.1, -0.05) is 0 Å². The van der Waals surface area contributed by atoms with E-state index in [9.17, 15) is 0 Å². The summed E-state index contributed by atoms with van der Waals surface area (Å²) in [4.78, 5) is 0. The van der Waals surface area contributed by atoms with Crippen LogP contribution in [0.1, 0.15) is 38.5 Å². The molecule has 1 heteroatoms. The Balaban J connectivity index is 1.92. The molecule has 0 amide bonds. The summed E-state index contributed by atoms with van der Waals surface area (Å²) in [6.45, 7) is 1.95. The summed E-state index contributed by atoms with van der Waals surface area (Å²) in [6.07, 6.45) is 13.2. The average molecular weight is 178 g/mol. The molecule has 13 heavy (non-hydrogen) atoms. The van der Waals surface area contributed by atoms with E-state index in [2.05, 4.69) is 5.92 Å². The van der Waals surface area contributed by atoms with Crippen molar-refractivity contribution >= 4 is 0 Å². The van der Waals surface area contributed by atoms with E-state index in [0.717, 1.165) is 13.2 Å². The van der Waals surface area contributed by atoms with E-state index < -0.39 is 0 Å². The average Bonchev–Trinajstić information content (AvgIpc) is 2.20. The minimum absolute atomic E-state index is 0.563. The minimum atomic E-state index is 0.563. The fourth-order valence-corrected chi connectivity index (χ4v) is 2.70. The molecule has 72 valence electrons. The van der Waals surface area contributed by atoms with Gasteiger partial charge in [0, 0.05) is 19.1 Å². The van der Waals surface area contributed by atoms with Crippen LogP contribution in [0.25, 0.3) is 0 Å². The second-order valence-electron chi connectivity index (χ2n) is 4.55. The Morgan fingerprint density at radius 2 is 1.69 bits per heavy atom. The van der Waals surface area contributed by atoms with Gasteiger partial charge in [0.1, 0.15) is 0 Å². The van der Waals surface area contributed by atoms with Crippen LogP contribution < -0.4 is 0 Å². The second kappa shape index (κ2) is 3.72. The molecule has 0 aromatic heterocycles. The summed E-state index contributed by atoms with van der Waals surface area (Å²) in [5.74, 6) is 3.46. The van der Waals surface area contributed by atoms with Gasteiger partial charge in [-0.05, 0) is 43.9 Å². The lowest BCUT2D eigenvalue weighted by Gasteiger charge is -2.41. The Bertz CT molecular complexity index is 198. The van der Waals surface area contributed by atoms with Gasteiger partial charge in [0.05, 0.1) is 0 Å². The van der Waals surface area contributed by atoms with Crippen molar-refractivity contribution in [2.24, 2.45) is 11.3 Å². The van der Waals surface area contributed by atoms with E-state index in [1.807, 2.05) is 0 Å². The fraction of sp³-hybridized carbons (Fsp3) is 0.833. The van der Waals surface area contributed by atoms with Crippen LogP contribution in [0.4, 0.5) is 0 Å². The molecule has 2 aliphatic rings. The van der Waals surface area contributed by atoms with E-state index in [0.29, 0.717) is 11.3 Å². The van der Waals surface area contributed by atoms with Crippen LogP contribution in [0.5, 0.6) is 0 Å². The summed E-state index contributed by atoms with van der Waals surface area (Å²) in [6, 6.07) is 0. The highest BCUT2D eigenvalue weighted by Crippen LogP contribution is 2.45. The number of terminal acetylenes is 1. The predicted octanol–water partition coefficient (Wildman–Crippen LogP) is 2.61. The highest BCUT2D eigenvalue weighted by Gasteiger charge is 2.35. The Kier molecular flexibility index (Phi) is 2.60. The van der Waals surface area contributed by atoms with Crippen molar-refractivity contribution in [2.75, 3.05) is 13.2 Å². The van der Waals surface area contributed by atoms with Gasteiger partial charge in [0.2, 0.25) is 0 Å². The number of rotatable bonds is 0. The molecule has 1 nitrogen and oxygen atoms in total. The number of hydrogen-bond donors (Lipinski definition) is 0. The van der Waals surface area contributed by atoms with Crippen molar-refractivity contribution in [1.82, 2.24) is 0 Å². The molecule has 1 saturated carbocycles. The molecule has 0 radical (unpaired) electrons. The molecule has 1 spiro atoms. The molecule has 1 aliphatic heterocycles. The summed E-state index contributed by atoms with van der Waals surface area (Å²) >= 11 is 0. The Labute approximate surface area is 80.9 Å². The summed E-state index contributed by atoms with van der Waals surface area (Å²) < 4.78 is 5.41. The first-order valence-corrected chi connectivity index (χ1v) is 5.39. The lowest BCUT2D eigenvalue weighted by molar-refractivity contribution is -0.00896. The SMILES string of the molecule is C#CC1CCC2(CCOCC2)CC1. The molecule has 0 unspecified atom stereocenters. The molecule has 1 heterocycles. The van der Waals surface area contributed by atoms with Gasteiger partial charge in [-0.2, -0.15) is 0 Å². The van der Waals surface area contributed by atoms with Crippen molar-refractivity contribution in [2.45, 2.75) is 38.5 Å². The normalized spacial score (nSPS) is 28.5. The standard InChI is InChI=1S/C12H18O/c1-2-11-3-5-12(6-4-11)7-9-13-10-8-12/h1,11H,3-10H2. The van der Waals surface area contributed by atoms with Crippen LogP contribution in [0, 0.1) is 23.7 Å². The first-order valence-electron chi connectivity index (χ1n) is 5.39. The van der Waals surface area contributed by atoms with E-state index in [-0.39, 0.29) is 0 Å². The lowest BCUT2D eigenvalue weighted by Crippen LogP contribution is -2.33. The molecule has 0 aromatic carbocycles. The Hall–Kier alpha value is -0.480. The second-order valence-corrected chi connectivity index (χ2v) is 4.55. The molecule has 0 aromatic rings. The van der Waals surface area contributed by atoms with Gasteiger partial charge < -0.3 is 4.74 Å². The molecule has 1 aliphatic carbocycles. The third-order valence-corrected chi connectivity index (χ3v) is 3.84. The van der Waals surface area contributed by atoms with Crippen molar-refractivity contribution < 1.29 is 4.74 Å². The Morgan fingerprint density at radius 1 is 1.08 bits per heavy atom. The highest BCUT2D eigenvalue weighted by atomic mass is 16.5. The zero-order valence-corrected chi connectivity index (χ0v) is 8.22.